The largest absolute Gasteiger partial charge is 0.484 e. The van der Waals surface area contributed by atoms with Gasteiger partial charge < -0.3 is 14.2 Å². The zero-order valence-electron chi connectivity index (χ0n) is 18.2. The maximum absolute atomic E-state index is 13.2. The van der Waals surface area contributed by atoms with E-state index in [1.807, 2.05) is 67.3 Å². The highest BCUT2D eigenvalue weighted by Gasteiger charge is 2.28. The van der Waals surface area contributed by atoms with Crippen molar-refractivity contribution in [3.63, 3.8) is 0 Å². The number of nitrogens with zero attached hydrogens (tertiary/aromatic N) is 3. The van der Waals surface area contributed by atoms with Gasteiger partial charge in [0.25, 0.3) is 5.91 Å². The molecule has 1 heterocycles. The van der Waals surface area contributed by atoms with Crippen LogP contribution in [0.4, 0.5) is 0 Å². The summed E-state index contributed by atoms with van der Waals surface area (Å²) in [6.07, 6.45) is 5.47. The molecular weight excluding hydrogens is 390 g/mol. The van der Waals surface area contributed by atoms with Crippen molar-refractivity contribution >= 4 is 5.91 Å². The van der Waals surface area contributed by atoms with Gasteiger partial charge in [0.1, 0.15) is 12.3 Å². The van der Waals surface area contributed by atoms with E-state index in [1.54, 1.807) is 0 Å². The van der Waals surface area contributed by atoms with Crippen LogP contribution in [0.2, 0.25) is 0 Å². The molecule has 1 fully saturated rings. The molecule has 0 bridgehead atoms. The van der Waals surface area contributed by atoms with Crippen LogP contribution in [0.15, 0.2) is 53.1 Å². The first-order chi connectivity index (χ1) is 15.1. The summed E-state index contributed by atoms with van der Waals surface area (Å²) >= 11 is 0. The number of benzene rings is 2. The second kappa shape index (κ2) is 9.77. The third-order valence-electron chi connectivity index (χ3n) is 5.86. The molecule has 162 valence electrons. The summed E-state index contributed by atoms with van der Waals surface area (Å²) in [5.74, 6) is 1.68. The fourth-order valence-corrected chi connectivity index (χ4v) is 4.04. The topological polar surface area (TPSA) is 68.5 Å². The smallest absolute Gasteiger partial charge is 0.261 e. The molecule has 1 saturated carbocycles. The van der Waals surface area contributed by atoms with Gasteiger partial charge in [-0.25, -0.2) is 0 Å². The third kappa shape index (κ3) is 5.32. The standard InChI is InChI=1S/C25H29N3O3/c1-18-12-14-20(15-13-18)25-26-23(31-27-25)16-28(21-9-4-3-5-10-21)24(29)17-30-22-11-7-6-8-19(22)2/h6-8,11-15,21H,3-5,9-10,16-17H2,1-2H3. The van der Waals surface area contributed by atoms with Crippen LogP contribution in [-0.4, -0.2) is 33.6 Å². The summed E-state index contributed by atoms with van der Waals surface area (Å²) in [6, 6.07) is 15.9. The van der Waals surface area contributed by atoms with E-state index in [2.05, 4.69) is 10.1 Å². The minimum absolute atomic E-state index is 0.000307. The van der Waals surface area contributed by atoms with Crippen molar-refractivity contribution in [1.82, 2.24) is 15.0 Å². The highest BCUT2D eigenvalue weighted by Crippen LogP contribution is 2.25. The van der Waals surface area contributed by atoms with Crippen molar-refractivity contribution < 1.29 is 14.1 Å². The number of carbonyl (C=O) groups is 1. The summed E-state index contributed by atoms with van der Waals surface area (Å²) in [6.45, 7) is 4.32. The number of hydrogen-bond donors (Lipinski definition) is 0. The number of hydrogen-bond acceptors (Lipinski definition) is 5. The molecule has 0 unspecified atom stereocenters. The Morgan fingerprint density at radius 2 is 1.81 bits per heavy atom. The van der Waals surface area contributed by atoms with Gasteiger partial charge in [0.05, 0.1) is 0 Å². The molecule has 1 aliphatic rings. The molecule has 6 nitrogen and oxygen atoms in total. The molecule has 0 aliphatic heterocycles. The van der Waals surface area contributed by atoms with Gasteiger partial charge in [-0.3, -0.25) is 4.79 Å². The number of aromatic nitrogens is 2. The number of aryl methyl sites for hydroxylation is 2. The lowest BCUT2D eigenvalue weighted by atomic mass is 9.94. The zero-order chi connectivity index (χ0) is 21.6. The van der Waals surface area contributed by atoms with E-state index in [0.29, 0.717) is 18.3 Å². The lowest BCUT2D eigenvalue weighted by molar-refractivity contribution is -0.137. The van der Waals surface area contributed by atoms with E-state index in [9.17, 15) is 4.79 Å². The molecule has 1 aliphatic carbocycles. The molecule has 0 spiro atoms. The first-order valence-corrected chi connectivity index (χ1v) is 11.0. The van der Waals surface area contributed by atoms with Gasteiger partial charge >= 0.3 is 0 Å². The third-order valence-corrected chi connectivity index (χ3v) is 5.86. The second-order valence-corrected chi connectivity index (χ2v) is 8.25. The van der Waals surface area contributed by atoms with Crippen molar-refractivity contribution in [2.45, 2.75) is 58.5 Å². The molecule has 0 atom stereocenters. The molecule has 1 amide bonds. The zero-order valence-corrected chi connectivity index (χ0v) is 18.2. The van der Waals surface area contributed by atoms with E-state index in [-0.39, 0.29) is 18.6 Å². The lowest BCUT2D eigenvalue weighted by Gasteiger charge is -2.33. The minimum atomic E-state index is -0.0507. The number of rotatable bonds is 7. The molecule has 4 rings (SSSR count). The van der Waals surface area contributed by atoms with Gasteiger partial charge in [-0.05, 0) is 38.3 Å². The fraction of sp³-hybridized carbons (Fsp3) is 0.400. The first-order valence-electron chi connectivity index (χ1n) is 11.0. The van der Waals surface area contributed by atoms with Gasteiger partial charge in [-0.15, -0.1) is 0 Å². The molecular formula is C25H29N3O3. The SMILES string of the molecule is Cc1ccc(-c2noc(CN(C(=O)COc3ccccc3C)C3CCCCC3)n2)cc1. The number of para-hydroxylation sites is 1. The van der Waals surface area contributed by atoms with E-state index < -0.39 is 0 Å². The van der Waals surface area contributed by atoms with Crippen molar-refractivity contribution in [3.05, 3.63) is 65.5 Å². The molecule has 0 N–H and O–H groups in total. The Labute approximate surface area is 183 Å². The summed E-state index contributed by atoms with van der Waals surface area (Å²) in [4.78, 5) is 19.6. The molecule has 2 aromatic carbocycles. The van der Waals surface area contributed by atoms with Crippen LogP contribution in [0.3, 0.4) is 0 Å². The van der Waals surface area contributed by atoms with Crippen LogP contribution in [-0.2, 0) is 11.3 Å². The van der Waals surface area contributed by atoms with Gasteiger partial charge in [0.15, 0.2) is 6.61 Å². The number of amides is 1. The Hall–Kier alpha value is -3.15. The van der Waals surface area contributed by atoms with Gasteiger partial charge in [-0.1, -0.05) is 72.4 Å². The van der Waals surface area contributed by atoms with Crippen molar-refractivity contribution in [3.8, 4) is 17.1 Å². The van der Waals surface area contributed by atoms with Crippen LogP contribution in [0.25, 0.3) is 11.4 Å². The summed E-state index contributed by atoms with van der Waals surface area (Å²) in [5.41, 5.74) is 3.09. The van der Waals surface area contributed by atoms with Crippen molar-refractivity contribution in [2.24, 2.45) is 0 Å². The first kappa shape index (κ1) is 21.1. The summed E-state index contributed by atoms with van der Waals surface area (Å²) in [5, 5.41) is 4.12. The van der Waals surface area contributed by atoms with Gasteiger partial charge in [-0.2, -0.15) is 4.98 Å². The van der Waals surface area contributed by atoms with Crippen LogP contribution in [0.5, 0.6) is 5.75 Å². The van der Waals surface area contributed by atoms with Crippen LogP contribution >= 0.6 is 0 Å². The molecule has 6 heteroatoms. The van der Waals surface area contributed by atoms with Crippen molar-refractivity contribution in [1.29, 1.82) is 0 Å². The second-order valence-electron chi connectivity index (χ2n) is 8.25. The Morgan fingerprint density at radius 3 is 2.55 bits per heavy atom. The molecule has 0 saturated heterocycles. The average Bonchev–Trinajstić information content (AvgIpc) is 3.26. The number of ether oxygens (including phenoxy) is 1. The van der Waals surface area contributed by atoms with Gasteiger partial charge in [0, 0.05) is 11.6 Å². The minimum Gasteiger partial charge on any atom is -0.484 e. The Bertz CT molecular complexity index is 1010. The predicted octanol–water partition coefficient (Wildman–Crippen LogP) is 5.09. The van der Waals surface area contributed by atoms with Crippen molar-refractivity contribution in [2.75, 3.05) is 6.61 Å². The van der Waals surface area contributed by atoms with Gasteiger partial charge in [0.2, 0.25) is 11.7 Å². The maximum atomic E-state index is 13.2. The Morgan fingerprint density at radius 1 is 1.06 bits per heavy atom. The molecule has 3 aromatic rings. The normalized spacial score (nSPS) is 14.4. The summed E-state index contributed by atoms with van der Waals surface area (Å²) < 4.78 is 11.3. The lowest BCUT2D eigenvalue weighted by Crippen LogP contribution is -2.43. The quantitative estimate of drug-likeness (QED) is 0.533. The average molecular weight is 420 g/mol. The monoisotopic (exact) mass is 419 g/mol. The van der Waals surface area contributed by atoms with Crippen LogP contribution in [0.1, 0.15) is 49.1 Å². The van der Waals surface area contributed by atoms with Crippen LogP contribution in [0, 0.1) is 13.8 Å². The van der Waals surface area contributed by atoms with E-state index in [4.69, 9.17) is 9.26 Å². The highest BCUT2D eigenvalue weighted by atomic mass is 16.5. The van der Waals surface area contributed by atoms with E-state index in [1.165, 1.54) is 12.0 Å². The fourth-order valence-electron chi connectivity index (χ4n) is 4.04. The van der Waals surface area contributed by atoms with E-state index in [0.717, 1.165) is 42.6 Å². The predicted molar refractivity (Wildman–Crippen MR) is 119 cm³/mol. The Kier molecular flexibility index (Phi) is 6.65. The van der Waals surface area contributed by atoms with Crippen LogP contribution < -0.4 is 4.74 Å². The molecule has 31 heavy (non-hydrogen) atoms. The summed E-state index contributed by atoms with van der Waals surface area (Å²) in [7, 11) is 0. The number of carbonyl (C=O) groups excluding carboxylic acids is 1. The Balaban J connectivity index is 1.48. The maximum Gasteiger partial charge on any atom is 0.261 e. The molecule has 1 aromatic heterocycles. The van der Waals surface area contributed by atoms with E-state index >= 15 is 0 Å². The highest BCUT2D eigenvalue weighted by molar-refractivity contribution is 5.78. The molecule has 0 radical (unpaired) electrons.